The maximum atomic E-state index is 13.1. The summed E-state index contributed by atoms with van der Waals surface area (Å²) < 4.78 is 32.7. The number of hydrogen-bond donors (Lipinski definition) is 0. The van der Waals surface area contributed by atoms with Gasteiger partial charge in [0.05, 0.1) is 16.9 Å². The monoisotopic (exact) mass is 414 g/mol. The summed E-state index contributed by atoms with van der Waals surface area (Å²) in [7, 11) is -2.15. The Kier molecular flexibility index (Phi) is 4.24. The first kappa shape index (κ1) is 19.4. The van der Waals surface area contributed by atoms with Crippen molar-refractivity contribution in [1.29, 1.82) is 0 Å². The standard InChI is InChI=1S/C21H22N2O5S/c1-20(2)19-14-22(29(26,27)18-10-6-16(7-11-18)23(24)25)13-12-21(19,20)15-4-8-17(28-3)9-5-15/h4-13,19H,14H2,1-3H3/t19-,21+/m0/s1. The third kappa shape index (κ3) is 2.73. The lowest BCUT2D eigenvalue weighted by molar-refractivity contribution is -0.384. The van der Waals surface area contributed by atoms with Crippen LogP contribution in [-0.2, 0) is 15.4 Å². The van der Waals surface area contributed by atoms with Crippen LogP contribution in [0.4, 0.5) is 5.69 Å². The minimum absolute atomic E-state index is 0.0446. The van der Waals surface area contributed by atoms with Crippen LogP contribution in [0.15, 0.2) is 65.7 Å². The molecule has 2 aromatic carbocycles. The first-order chi connectivity index (χ1) is 13.6. The van der Waals surface area contributed by atoms with Gasteiger partial charge in [-0.15, -0.1) is 0 Å². The quantitative estimate of drug-likeness (QED) is 0.549. The predicted molar refractivity (Wildman–Crippen MR) is 108 cm³/mol. The fraction of sp³-hybridized carbons (Fsp3) is 0.333. The lowest BCUT2D eigenvalue weighted by atomic mass is 9.87. The molecule has 29 heavy (non-hydrogen) atoms. The number of hydrogen-bond acceptors (Lipinski definition) is 5. The number of non-ortho nitro benzene ring substituents is 1. The predicted octanol–water partition coefficient (Wildman–Crippen LogP) is 3.72. The summed E-state index contributed by atoms with van der Waals surface area (Å²) >= 11 is 0. The third-order valence-electron chi connectivity index (χ3n) is 6.49. The Bertz CT molecular complexity index is 1090. The van der Waals surface area contributed by atoms with Crippen LogP contribution < -0.4 is 4.74 Å². The molecule has 0 saturated heterocycles. The zero-order valence-corrected chi connectivity index (χ0v) is 17.2. The highest BCUT2D eigenvalue weighted by atomic mass is 32.2. The number of benzene rings is 2. The minimum Gasteiger partial charge on any atom is -0.497 e. The number of fused-ring (bicyclic) bond motifs is 1. The van der Waals surface area contributed by atoms with Gasteiger partial charge in [-0.2, -0.15) is 0 Å². The fourth-order valence-electron chi connectivity index (χ4n) is 4.64. The zero-order chi connectivity index (χ0) is 21.0. The van der Waals surface area contributed by atoms with Crippen molar-refractivity contribution in [1.82, 2.24) is 4.31 Å². The van der Waals surface area contributed by atoms with Crippen molar-refractivity contribution < 1.29 is 18.1 Å². The molecular weight excluding hydrogens is 392 g/mol. The van der Waals surface area contributed by atoms with Gasteiger partial charge < -0.3 is 4.74 Å². The van der Waals surface area contributed by atoms with E-state index in [-0.39, 0.29) is 27.3 Å². The molecule has 0 amide bonds. The Hall–Kier alpha value is -2.87. The SMILES string of the molecule is COc1ccc([C@]23C=CN(S(=O)(=O)c4ccc([N+](=O)[O-])cc4)C[C@H]2C3(C)C)cc1. The van der Waals surface area contributed by atoms with E-state index >= 15 is 0 Å². The molecule has 2 aliphatic rings. The Morgan fingerprint density at radius 2 is 1.72 bits per heavy atom. The third-order valence-corrected chi connectivity index (χ3v) is 8.25. The number of allylic oxidation sites excluding steroid dienone is 1. The first-order valence-corrected chi connectivity index (χ1v) is 10.7. The van der Waals surface area contributed by atoms with E-state index in [4.69, 9.17) is 4.74 Å². The summed E-state index contributed by atoms with van der Waals surface area (Å²) in [6, 6.07) is 12.9. The molecule has 152 valence electrons. The van der Waals surface area contributed by atoms with Crippen LogP contribution in [0.25, 0.3) is 0 Å². The van der Waals surface area contributed by atoms with Crippen molar-refractivity contribution in [2.45, 2.75) is 24.2 Å². The Morgan fingerprint density at radius 3 is 2.24 bits per heavy atom. The molecule has 0 unspecified atom stereocenters. The van der Waals surface area contributed by atoms with Crippen LogP contribution in [0.2, 0.25) is 0 Å². The Labute approximate surface area is 169 Å². The molecule has 1 saturated carbocycles. The van der Waals surface area contributed by atoms with E-state index in [1.807, 2.05) is 30.3 Å². The van der Waals surface area contributed by atoms with Gasteiger partial charge in [-0.25, -0.2) is 8.42 Å². The Morgan fingerprint density at radius 1 is 1.10 bits per heavy atom. The summed E-state index contributed by atoms with van der Waals surface area (Å²) in [6.07, 6.45) is 3.61. The highest BCUT2D eigenvalue weighted by Crippen LogP contribution is 2.71. The number of nitrogens with zero attached hydrogens (tertiary/aromatic N) is 2. The molecule has 0 N–H and O–H groups in total. The van der Waals surface area contributed by atoms with Crippen molar-refractivity contribution >= 4 is 15.7 Å². The molecule has 0 aromatic heterocycles. The van der Waals surface area contributed by atoms with Gasteiger partial charge in [0.15, 0.2) is 0 Å². The number of nitro benzene ring substituents is 1. The van der Waals surface area contributed by atoms with E-state index in [0.29, 0.717) is 6.54 Å². The molecule has 7 nitrogen and oxygen atoms in total. The topological polar surface area (TPSA) is 89.8 Å². The van der Waals surface area contributed by atoms with E-state index < -0.39 is 14.9 Å². The normalized spacial score (nSPS) is 24.7. The summed E-state index contributed by atoms with van der Waals surface area (Å²) in [6.45, 7) is 4.65. The first-order valence-electron chi connectivity index (χ1n) is 9.25. The second kappa shape index (κ2) is 6.32. The molecule has 1 aliphatic heterocycles. The van der Waals surface area contributed by atoms with E-state index in [2.05, 4.69) is 13.8 Å². The van der Waals surface area contributed by atoms with E-state index in [1.54, 1.807) is 13.3 Å². The maximum Gasteiger partial charge on any atom is 0.269 e. The van der Waals surface area contributed by atoms with Crippen LogP contribution in [0.3, 0.4) is 0 Å². The molecule has 2 aromatic rings. The van der Waals surface area contributed by atoms with E-state index in [9.17, 15) is 18.5 Å². The second-order valence-electron chi connectivity index (χ2n) is 8.01. The molecule has 8 heteroatoms. The molecule has 2 atom stereocenters. The van der Waals surface area contributed by atoms with E-state index in [0.717, 1.165) is 11.3 Å². The summed E-state index contributed by atoms with van der Waals surface area (Å²) in [4.78, 5) is 10.3. The van der Waals surface area contributed by atoms with Gasteiger partial charge in [-0.1, -0.05) is 32.1 Å². The highest BCUT2D eigenvalue weighted by Gasteiger charge is 2.71. The number of sulfonamides is 1. The molecule has 1 aliphatic carbocycles. The van der Waals surface area contributed by atoms with Gasteiger partial charge in [0.2, 0.25) is 0 Å². The maximum absolute atomic E-state index is 13.1. The largest absolute Gasteiger partial charge is 0.497 e. The lowest BCUT2D eigenvalue weighted by Crippen LogP contribution is -2.32. The molecule has 0 radical (unpaired) electrons. The van der Waals surface area contributed by atoms with Crippen molar-refractivity contribution in [2.75, 3.05) is 13.7 Å². The summed E-state index contributed by atoms with van der Waals surface area (Å²) in [5.41, 5.74) is 0.676. The van der Waals surface area contributed by atoms with Gasteiger partial charge in [0.25, 0.3) is 15.7 Å². The summed E-state index contributed by atoms with van der Waals surface area (Å²) in [5, 5.41) is 10.8. The molecule has 1 heterocycles. The molecular formula is C21H22N2O5S. The van der Waals surface area contributed by atoms with Crippen molar-refractivity contribution in [3.63, 3.8) is 0 Å². The van der Waals surface area contributed by atoms with Crippen LogP contribution in [0.5, 0.6) is 5.75 Å². The highest BCUT2D eigenvalue weighted by molar-refractivity contribution is 7.89. The Balaban J connectivity index is 1.65. The molecule has 4 rings (SSSR count). The van der Waals surface area contributed by atoms with E-state index in [1.165, 1.54) is 28.6 Å². The second-order valence-corrected chi connectivity index (χ2v) is 9.90. The average Bonchev–Trinajstić information content (AvgIpc) is 3.24. The van der Waals surface area contributed by atoms with Crippen molar-refractivity contribution in [2.24, 2.45) is 11.3 Å². The number of rotatable bonds is 5. The summed E-state index contributed by atoms with van der Waals surface area (Å²) in [5.74, 6) is 0.906. The fourth-order valence-corrected chi connectivity index (χ4v) is 5.96. The zero-order valence-electron chi connectivity index (χ0n) is 16.4. The number of nitro groups is 1. The van der Waals surface area contributed by atoms with Gasteiger partial charge in [0.1, 0.15) is 5.75 Å². The van der Waals surface area contributed by atoms with Crippen LogP contribution in [0, 0.1) is 21.4 Å². The lowest BCUT2D eigenvalue weighted by Gasteiger charge is -2.27. The number of methoxy groups -OCH3 is 1. The molecule has 0 spiro atoms. The van der Waals surface area contributed by atoms with Crippen LogP contribution in [0.1, 0.15) is 19.4 Å². The smallest absolute Gasteiger partial charge is 0.269 e. The van der Waals surface area contributed by atoms with Crippen molar-refractivity contribution in [3.05, 3.63) is 76.5 Å². The van der Waals surface area contributed by atoms with Crippen molar-refractivity contribution in [3.8, 4) is 5.75 Å². The average molecular weight is 414 g/mol. The molecule has 1 fully saturated rings. The van der Waals surface area contributed by atoms with Gasteiger partial charge >= 0.3 is 0 Å². The van der Waals surface area contributed by atoms with Gasteiger partial charge in [0, 0.05) is 30.3 Å². The van der Waals surface area contributed by atoms with Gasteiger partial charge in [-0.05, 0) is 41.2 Å². The van der Waals surface area contributed by atoms with Crippen LogP contribution in [-0.4, -0.2) is 31.3 Å². The molecule has 0 bridgehead atoms. The number of ether oxygens (including phenoxy) is 1. The minimum atomic E-state index is -3.78. The van der Waals surface area contributed by atoms with Gasteiger partial charge in [-0.3, -0.25) is 14.4 Å². The van der Waals surface area contributed by atoms with Crippen LogP contribution >= 0.6 is 0 Å².